The average molecular weight is 475 g/mol. The lowest BCUT2D eigenvalue weighted by Crippen LogP contribution is -2.43. The van der Waals surface area contributed by atoms with Gasteiger partial charge in [-0.3, -0.25) is 9.89 Å². The molecule has 4 aliphatic rings. The SMILES string of the molecule is CC1=CSC(C2(CN)[C@@H]3CN(c4cnc5c(-c6ccc7c(c6)CC(=O)N7C)n[nH]c5n4)C[C@@H]32)N1. The van der Waals surface area contributed by atoms with Gasteiger partial charge in [-0.15, -0.1) is 11.8 Å². The van der Waals surface area contributed by atoms with Crippen LogP contribution in [0.1, 0.15) is 12.5 Å². The molecule has 1 amide bonds. The maximum atomic E-state index is 12.0. The number of thioether (sulfide) groups is 1. The van der Waals surface area contributed by atoms with Crippen molar-refractivity contribution in [2.45, 2.75) is 18.7 Å². The van der Waals surface area contributed by atoms with E-state index < -0.39 is 0 Å². The summed E-state index contributed by atoms with van der Waals surface area (Å²) < 4.78 is 0. The Bertz CT molecular complexity index is 1370. The zero-order valence-corrected chi connectivity index (χ0v) is 19.9. The lowest BCUT2D eigenvalue weighted by Gasteiger charge is -2.30. The Morgan fingerprint density at radius 3 is 2.85 bits per heavy atom. The number of anilines is 2. The molecule has 7 rings (SSSR count). The molecule has 3 aromatic rings. The van der Waals surface area contributed by atoms with Crippen LogP contribution in [-0.4, -0.2) is 58.1 Å². The normalized spacial score (nSPS) is 29.4. The van der Waals surface area contributed by atoms with Crippen LogP contribution in [0.3, 0.4) is 0 Å². The van der Waals surface area contributed by atoms with Crippen molar-refractivity contribution in [3.8, 4) is 11.3 Å². The second-order valence-corrected chi connectivity index (χ2v) is 10.8. The van der Waals surface area contributed by atoms with E-state index in [-0.39, 0.29) is 11.3 Å². The molecule has 10 heteroatoms. The van der Waals surface area contributed by atoms with Crippen molar-refractivity contribution in [2.75, 3.05) is 36.5 Å². The van der Waals surface area contributed by atoms with Gasteiger partial charge < -0.3 is 20.9 Å². The number of carbonyl (C=O) groups excluding carboxylic acids is 1. The van der Waals surface area contributed by atoms with E-state index in [1.54, 1.807) is 4.90 Å². The largest absolute Gasteiger partial charge is 0.376 e. The third-order valence-corrected chi connectivity index (χ3v) is 9.50. The van der Waals surface area contributed by atoms with E-state index in [0.717, 1.165) is 46.9 Å². The van der Waals surface area contributed by atoms with Gasteiger partial charge in [0.05, 0.1) is 18.0 Å². The lowest BCUT2D eigenvalue weighted by molar-refractivity contribution is -0.117. The van der Waals surface area contributed by atoms with E-state index >= 15 is 0 Å². The number of fused-ring (bicyclic) bond motifs is 3. The van der Waals surface area contributed by atoms with Crippen molar-refractivity contribution >= 4 is 40.3 Å². The minimum absolute atomic E-state index is 0.111. The van der Waals surface area contributed by atoms with Crippen molar-refractivity contribution in [3.63, 3.8) is 0 Å². The van der Waals surface area contributed by atoms with Gasteiger partial charge in [-0.1, -0.05) is 6.07 Å². The maximum absolute atomic E-state index is 12.0. The first-order valence-corrected chi connectivity index (χ1v) is 12.6. The first-order chi connectivity index (χ1) is 16.5. The van der Waals surface area contributed by atoms with Crippen LogP contribution < -0.4 is 20.9 Å². The maximum Gasteiger partial charge on any atom is 0.231 e. The van der Waals surface area contributed by atoms with E-state index in [9.17, 15) is 4.79 Å². The summed E-state index contributed by atoms with van der Waals surface area (Å²) in [5, 5.41) is 13.8. The number of aromatic amines is 1. The van der Waals surface area contributed by atoms with Crippen LogP contribution in [0.2, 0.25) is 0 Å². The summed E-state index contributed by atoms with van der Waals surface area (Å²) in [5.41, 5.74) is 12.8. The number of nitrogens with one attached hydrogen (secondary N) is 2. The van der Waals surface area contributed by atoms with Gasteiger partial charge in [-0.05, 0) is 41.9 Å². The first kappa shape index (κ1) is 20.3. The highest BCUT2D eigenvalue weighted by molar-refractivity contribution is 8.03. The van der Waals surface area contributed by atoms with Gasteiger partial charge in [0.2, 0.25) is 5.91 Å². The van der Waals surface area contributed by atoms with Crippen molar-refractivity contribution < 1.29 is 4.79 Å². The molecule has 1 aliphatic carbocycles. The van der Waals surface area contributed by atoms with Gasteiger partial charge >= 0.3 is 0 Å². The van der Waals surface area contributed by atoms with Crippen molar-refractivity contribution in [2.24, 2.45) is 23.0 Å². The summed E-state index contributed by atoms with van der Waals surface area (Å²) in [5.74, 6) is 2.13. The highest BCUT2D eigenvalue weighted by Crippen LogP contribution is 2.66. The number of piperidine rings is 1. The van der Waals surface area contributed by atoms with Gasteiger partial charge in [0.15, 0.2) is 5.65 Å². The fourth-order valence-electron chi connectivity index (χ4n) is 6.23. The van der Waals surface area contributed by atoms with Gasteiger partial charge in [0, 0.05) is 49.0 Å². The van der Waals surface area contributed by atoms with Crippen LogP contribution in [0, 0.1) is 17.3 Å². The molecule has 1 saturated carbocycles. The van der Waals surface area contributed by atoms with Gasteiger partial charge in [-0.2, -0.15) is 5.10 Å². The number of benzene rings is 1. The summed E-state index contributed by atoms with van der Waals surface area (Å²) in [7, 11) is 1.81. The molecule has 34 heavy (non-hydrogen) atoms. The Kier molecular flexibility index (Phi) is 4.15. The molecule has 3 aliphatic heterocycles. The molecular weight excluding hydrogens is 448 g/mol. The Morgan fingerprint density at radius 1 is 1.29 bits per heavy atom. The van der Waals surface area contributed by atoms with E-state index in [2.05, 4.69) is 32.7 Å². The number of allylic oxidation sites excluding steroid dienone is 1. The Morgan fingerprint density at radius 2 is 2.12 bits per heavy atom. The molecule has 1 aromatic carbocycles. The fourth-order valence-corrected chi connectivity index (χ4v) is 7.59. The Labute approximate surface area is 201 Å². The van der Waals surface area contributed by atoms with E-state index in [4.69, 9.17) is 15.7 Å². The summed E-state index contributed by atoms with van der Waals surface area (Å²) in [6.45, 7) is 4.73. The Hall–Kier alpha value is -3.11. The van der Waals surface area contributed by atoms with Crippen LogP contribution >= 0.6 is 11.8 Å². The predicted octanol–water partition coefficient (Wildman–Crippen LogP) is 2.07. The number of likely N-dealkylation sites (N-methyl/N-ethyl adjacent to an activating group) is 1. The molecule has 2 aromatic heterocycles. The lowest BCUT2D eigenvalue weighted by atomic mass is 9.99. The van der Waals surface area contributed by atoms with Gasteiger partial charge in [0.25, 0.3) is 0 Å². The Balaban J connectivity index is 1.13. The highest BCUT2D eigenvalue weighted by atomic mass is 32.2. The van der Waals surface area contributed by atoms with E-state index in [1.165, 1.54) is 5.70 Å². The second kappa shape index (κ2) is 6.96. The number of aromatic nitrogens is 4. The number of nitrogens with two attached hydrogens (primary N) is 1. The third kappa shape index (κ3) is 2.66. The minimum atomic E-state index is 0.111. The van der Waals surface area contributed by atoms with Crippen LogP contribution in [0.4, 0.5) is 11.5 Å². The van der Waals surface area contributed by atoms with Gasteiger partial charge in [0.1, 0.15) is 17.0 Å². The topological polar surface area (TPSA) is 116 Å². The summed E-state index contributed by atoms with van der Waals surface area (Å²) in [6, 6.07) is 6.01. The first-order valence-electron chi connectivity index (χ1n) is 11.6. The monoisotopic (exact) mass is 474 g/mol. The smallest absolute Gasteiger partial charge is 0.231 e. The quantitative estimate of drug-likeness (QED) is 0.526. The second-order valence-electron chi connectivity index (χ2n) is 9.87. The summed E-state index contributed by atoms with van der Waals surface area (Å²) >= 11 is 1.87. The number of hydrogen-bond acceptors (Lipinski definition) is 8. The summed E-state index contributed by atoms with van der Waals surface area (Å²) in [4.78, 5) is 25.7. The molecule has 2 unspecified atom stereocenters. The van der Waals surface area contributed by atoms with Crippen molar-refractivity contribution in [3.05, 3.63) is 41.1 Å². The third-order valence-electron chi connectivity index (χ3n) is 8.18. The van der Waals surface area contributed by atoms with E-state index in [0.29, 0.717) is 35.8 Å². The minimum Gasteiger partial charge on any atom is -0.376 e. The van der Waals surface area contributed by atoms with Gasteiger partial charge in [-0.25, -0.2) is 9.97 Å². The number of nitrogens with zero attached hydrogens (tertiary/aromatic N) is 5. The molecule has 2 fully saturated rings. The molecule has 0 radical (unpaired) electrons. The molecule has 9 nitrogen and oxygen atoms in total. The molecule has 0 bridgehead atoms. The molecule has 4 atom stereocenters. The predicted molar refractivity (Wildman–Crippen MR) is 133 cm³/mol. The molecule has 5 heterocycles. The van der Waals surface area contributed by atoms with E-state index in [1.807, 2.05) is 43.2 Å². The molecular formula is C24H26N8OS. The number of amides is 1. The molecule has 0 spiro atoms. The summed E-state index contributed by atoms with van der Waals surface area (Å²) in [6.07, 6.45) is 2.28. The zero-order chi connectivity index (χ0) is 23.2. The average Bonchev–Trinajstić information content (AvgIpc) is 3.41. The molecule has 174 valence electrons. The molecule has 1 saturated heterocycles. The number of hydrogen-bond donors (Lipinski definition) is 3. The van der Waals surface area contributed by atoms with Crippen molar-refractivity contribution in [1.82, 2.24) is 25.5 Å². The van der Waals surface area contributed by atoms with Crippen LogP contribution in [0.25, 0.3) is 22.4 Å². The standard InChI is InChI=1S/C24H26N8OS/c1-12-10-34-23(27-12)24(11-25)15-8-32(9-16(15)24)18-7-26-21-20(29-30-22(21)28-18)13-3-4-17-14(5-13)6-19(33)31(17)2/h3-5,7,10,15-16,23,27H,6,8-9,11,25H2,1-2H3,(H,28,29,30)/t15-,16+,23?,24?. The highest BCUT2D eigenvalue weighted by Gasteiger charge is 2.71. The van der Waals surface area contributed by atoms with Crippen LogP contribution in [-0.2, 0) is 11.2 Å². The number of H-pyrrole nitrogens is 1. The van der Waals surface area contributed by atoms with Crippen LogP contribution in [0.5, 0.6) is 0 Å². The fraction of sp³-hybridized carbons (Fsp3) is 0.417. The number of carbonyl (C=O) groups is 1. The number of rotatable bonds is 4. The molecule has 4 N–H and O–H groups in total. The zero-order valence-electron chi connectivity index (χ0n) is 19.1. The van der Waals surface area contributed by atoms with Crippen molar-refractivity contribution in [1.29, 1.82) is 0 Å². The van der Waals surface area contributed by atoms with Crippen LogP contribution in [0.15, 0.2) is 35.5 Å².